The number of aliphatic carboxylic acids is 1. The van der Waals surface area contributed by atoms with Crippen molar-refractivity contribution in [2.45, 2.75) is 44.2 Å². The van der Waals surface area contributed by atoms with Gasteiger partial charge in [-0.3, -0.25) is 4.79 Å². The van der Waals surface area contributed by atoms with Gasteiger partial charge in [-0.2, -0.15) is 0 Å². The number of nitrogens with one attached hydrogen (secondary N) is 1. The van der Waals surface area contributed by atoms with E-state index in [0.29, 0.717) is 12.0 Å². The molecule has 0 aromatic carbocycles. The summed E-state index contributed by atoms with van der Waals surface area (Å²) in [6, 6.07) is 0.234. The van der Waals surface area contributed by atoms with Gasteiger partial charge in [-0.25, -0.2) is 0 Å². The van der Waals surface area contributed by atoms with Crippen molar-refractivity contribution in [3.05, 3.63) is 0 Å². The molecule has 1 aliphatic carbocycles. The van der Waals surface area contributed by atoms with Crippen LogP contribution in [0.3, 0.4) is 0 Å². The average molecular weight is 169 g/mol. The summed E-state index contributed by atoms with van der Waals surface area (Å²) in [7, 11) is 0. The number of hydrogen-bond acceptors (Lipinski definition) is 2. The quantitative estimate of drug-likeness (QED) is 0.615. The molecule has 2 N–H and O–H groups in total. The predicted octanol–water partition coefficient (Wildman–Crippen LogP) is 0.992. The molecule has 2 aliphatic rings. The minimum atomic E-state index is -0.676. The molecule has 12 heavy (non-hydrogen) atoms. The fraction of sp³-hybridized carbons (Fsp3) is 0.889. The maximum Gasteiger partial charge on any atom is 0.320 e. The summed E-state index contributed by atoms with van der Waals surface area (Å²) >= 11 is 0. The molecule has 1 aliphatic heterocycles. The molecular formula is C9H15NO2. The lowest BCUT2D eigenvalue weighted by atomic mass is 9.85. The van der Waals surface area contributed by atoms with Crippen LogP contribution in [-0.4, -0.2) is 23.2 Å². The van der Waals surface area contributed by atoms with Crippen molar-refractivity contribution in [3.63, 3.8) is 0 Å². The summed E-state index contributed by atoms with van der Waals surface area (Å²) in [6.45, 7) is 0. The molecule has 2 fully saturated rings. The van der Waals surface area contributed by atoms with Crippen LogP contribution in [0.4, 0.5) is 0 Å². The lowest BCUT2D eigenvalue weighted by Crippen LogP contribution is -2.36. The van der Waals surface area contributed by atoms with Crippen LogP contribution in [0.2, 0.25) is 0 Å². The van der Waals surface area contributed by atoms with Crippen LogP contribution >= 0.6 is 0 Å². The van der Waals surface area contributed by atoms with Gasteiger partial charge in [-0.05, 0) is 25.2 Å². The molecule has 1 saturated heterocycles. The number of hydrogen-bond donors (Lipinski definition) is 2. The smallest absolute Gasteiger partial charge is 0.320 e. The summed E-state index contributed by atoms with van der Waals surface area (Å²) < 4.78 is 0. The first-order valence-corrected chi connectivity index (χ1v) is 4.76. The average Bonchev–Trinajstić information content (AvgIpc) is 2.46. The van der Waals surface area contributed by atoms with Gasteiger partial charge in [0.15, 0.2) is 0 Å². The Morgan fingerprint density at radius 1 is 1.33 bits per heavy atom. The maximum atomic E-state index is 10.7. The van der Waals surface area contributed by atoms with E-state index >= 15 is 0 Å². The van der Waals surface area contributed by atoms with E-state index in [0.717, 1.165) is 6.42 Å². The third-order valence-electron chi connectivity index (χ3n) is 3.16. The van der Waals surface area contributed by atoms with E-state index < -0.39 is 5.97 Å². The molecule has 1 heterocycles. The molecule has 3 nitrogen and oxygen atoms in total. The Bertz CT molecular complexity index is 179. The summed E-state index contributed by atoms with van der Waals surface area (Å²) in [5, 5.41) is 12.0. The minimum Gasteiger partial charge on any atom is -0.480 e. The Kier molecular flexibility index (Phi) is 2.05. The van der Waals surface area contributed by atoms with Crippen molar-refractivity contribution < 1.29 is 9.90 Å². The second-order valence-electron chi connectivity index (χ2n) is 3.94. The molecule has 3 atom stereocenters. The number of rotatable bonds is 1. The van der Waals surface area contributed by atoms with Crippen molar-refractivity contribution in [2.24, 2.45) is 5.92 Å². The van der Waals surface area contributed by atoms with Crippen LogP contribution in [-0.2, 0) is 4.79 Å². The van der Waals surface area contributed by atoms with Crippen molar-refractivity contribution in [3.8, 4) is 0 Å². The number of carboxylic acid groups (broad SMARTS) is 1. The first-order chi connectivity index (χ1) is 5.77. The summed E-state index contributed by atoms with van der Waals surface area (Å²) in [4.78, 5) is 10.7. The fourth-order valence-corrected chi connectivity index (χ4v) is 2.51. The highest BCUT2D eigenvalue weighted by Crippen LogP contribution is 2.32. The van der Waals surface area contributed by atoms with Crippen molar-refractivity contribution in [1.29, 1.82) is 0 Å². The number of carboxylic acids is 1. The molecule has 0 amide bonds. The van der Waals surface area contributed by atoms with Gasteiger partial charge in [0.05, 0.1) is 0 Å². The minimum absolute atomic E-state index is 0.266. The predicted molar refractivity (Wildman–Crippen MR) is 44.9 cm³/mol. The third kappa shape index (κ3) is 1.33. The van der Waals surface area contributed by atoms with Gasteiger partial charge in [0, 0.05) is 6.04 Å². The van der Waals surface area contributed by atoms with E-state index in [-0.39, 0.29) is 6.04 Å². The molecule has 68 valence electrons. The second kappa shape index (κ2) is 3.05. The van der Waals surface area contributed by atoms with Crippen LogP contribution in [0.1, 0.15) is 32.1 Å². The zero-order chi connectivity index (χ0) is 8.55. The monoisotopic (exact) mass is 169 g/mol. The number of carbonyl (C=O) groups is 1. The molecular weight excluding hydrogens is 154 g/mol. The first-order valence-electron chi connectivity index (χ1n) is 4.76. The molecule has 3 heteroatoms. The highest BCUT2D eigenvalue weighted by Gasteiger charge is 2.37. The number of fused-ring (bicyclic) bond motifs is 1. The SMILES string of the molecule is O=C(O)[C@@H]1CC2CCCC[C@H]2N1. The van der Waals surface area contributed by atoms with Crippen LogP contribution in [0, 0.1) is 5.92 Å². The summed E-state index contributed by atoms with van der Waals surface area (Å²) in [5.41, 5.74) is 0. The third-order valence-corrected chi connectivity index (χ3v) is 3.16. The molecule has 0 bridgehead atoms. The van der Waals surface area contributed by atoms with E-state index in [1.54, 1.807) is 0 Å². The van der Waals surface area contributed by atoms with Gasteiger partial charge in [0.25, 0.3) is 0 Å². The molecule has 0 aromatic heterocycles. The van der Waals surface area contributed by atoms with Crippen LogP contribution in [0.5, 0.6) is 0 Å². The fourth-order valence-electron chi connectivity index (χ4n) is 2.51. The molecule has 1 saturated carbocycles. The van der Waals surface area contributed by atoms with Gasteiger partial charge in [0.2, 0.25) is 0 Å². The Labute approximate surface area is 72.2 Å². The van der Waals surface area contributed by atoms with E-state index in [2.05, 4.69) is 5.32 Å². The van der Waals surface area contributed by atoms with Gasteiger partial charge in [0.1, 0.15) is 6.04 Å². The molecule has 0 radical (unpaired) electrons. The van der Waals surface area contributed by atoms with Crippen LogP contribution < -0.4 is 5.32 Å². The first kappa shape index (κ1) is 8.05. The summed E-state index contributed by atoms with van der Waals surface area (Å²) in [6.07, 6.45) is 5.80. The Morgan fingerprint density at radius 3 is 2.75 bits per heavy atom. The van der Waals surface area contributed by atoms with Gasteiger partial charge in [-0.15, -0.1) is 0 Å². The van der Waals surface area contributed by atoms with Crippen molar-refractivity contribution in [1.82, 2.24) is 5.32 Å². The van der Waals surface area contributed by atoms with Gasteiger partial charge in [-0.1, -0.05) is 12.8 Å². The normalized spacial score (nSPS) is 40.8. The topological polar surface area (TPSA) is 49.3 Å². The zero-order valence-corrected chi connectivity index (χ0v) is 7.12. The Morgan fingerprint density at radius 2 is 2.08 bits per heavy atom. The second-order valence-corrected chi connectivity index (χ2v) is 3.94. The standard InChI is InChI=1S/C9H15NO2/c11-9(12)8-5-6-3-1-2-4-7(6)10-8/h6-8,10H,1-5H2,(H,11,12)/t6?,7-,8+/m1/s1. The Hall–Kier alpha value is -0.570. The highest BCUT2D eigenvalue weighted by atomic mass is 16.4. The Balaban J connectivity index is 1.98. The van der Waals surface area contributed by atoms with E-state index in [1.165, 1.54) is 25.7 Å². The zero-order valence-electron chi connectivity index (χ0n) is 7.12. The van der Waals surface area contributed by atoms with Crippen molar-refractivity contribution >= 4 is 5.97 Å². The molecule has 0 aromatic rings. The van der Waals surface area contributed by atoms with Gasteiger partial charge >= 0.3 is 5.97 Å². The highest BCUT2D eigenvalue weighted by molar-refractivity contribution is 5.74. The lowest BCUT2D eigenvalue weighted by molar-refractivity contribution is -0.139. The lowest BCUT2D eigenvalue weighted by Gasteiger charge is -2.24. The van der Waals surface area contributed by atoms with Crippen molar-refractivity contribution in [2.75, 3.05) is 0 Å². The molecule has 0 spiro atoms. The largest absolute Gasteiger partial charge is 0.480 e. The van der Waals surface area contributed by atoms with Crippen LogP contribution in [0.15, 0.2) is 0 Å². The van der Waals surface area contributed by atoms with E-state index in [9.17, 15) is 4.79 Å². The summed E-state index contributed by atoms with van der Waals surface area (Å²) in [5.74, 6) is -0.0377. The molecule has 2 rings (SSSR count). The van der Waals surface area contributed by atoms with Gasteiger partial charge < -0.3 is 10.4 Å². The van der Waals surface area contributed by atoms with Crippen LogP contribution in [0.25, 0.3) is 0 Å². The molecule has 1 unspecified atom stereocenters. The van der Waals surface area contributed by atoms with E-state index in [1.807, 2.05) is 0 Å². The maximum absolute atomic E-state index is 10.7. The van der Waals surface area contributed by atoms with E-state index in [4.69, 9.17) is 5.11 Å².